The summed E-state index contributed by atoms with van der Waals surface area (Å²) in [5.41, 5.74) is 6.92. The predicted molar refractivity (Wildman–Crippen MR) is 164 cm³/mol. The van der Waals surface area contributed by atoms with E-state index in [1.807, 2.05) is 34.1 Å². The number of hydrogen-bond donors (Lipinski definition) is 2. The molecule has 2 amide bonds. The number of aromatic nitrogens is 1. The lowest BCUT2D eigenvalue weighted by atomic mass is 9.80. The maximum absolute atomic E-state index is 13.3. The number of hydrogen-bond acceptors (Lipinski definition) is 7. The van der Waals surface area contributed by atoms with E-state index < -0.39 is 17.5 Å². The van der Waals surface area contributed by atoms with Crippen molar-refractivity contribution in [2.75, 3.05) is 50.3 Å². The zero-order valence-electron chi connectivity index (χ0n) is 25.6. The smallest absolute Gasteiger partial charge is 0.433 e. The summed E-state index contributed by atoms with van der Waals surface area (Å²) in [4.78, 5) is 35.8. The van der Waals surface area contributed by atoms with Crippen molar-refractivity contribution >= 4 is 23.4 Å². The molecule has 45 heavy (non-hydrogen) atoms. The Balaban J connectivity index is 0.905. The zero-order valence-corrected chi connectivity index (χ0v) is 25.6. The van der Waals surface area contributed by atoms with Crippen LogP contribution in [0.15, 0.2) is 42.6 Å². The van der Waals surface area contributed by atoms with Crippen LogP contribution in [0.1, 0.15) is 62.6 Å². The van der Waals surface area contributed by atoms with Crippen LogP contribution in [0.3, 0.4) is 0 Å². The number of amides is 2. The second-order valence-corrected chi connectivity index (χ2v) is 13.3. The lowest BCUT2D eigenvalue weighted by molar-refractivity contribution is -0.141. The van der Waals surface area contributed by atoms with Gasteiger partial charge in [-0.05, 0) is 80.3 Å². The van der Waals surface area contributed by atoms with Gasteiger partial charge in [-0.25, -0.2) is 4.79 Å². The molecule has 6 rings (SSSR count). The summed E-state index contributed by atoms with van der Waals surface area (Å²) in [6.45, 7) is 4.68. The lowest BCUT2D eigenvalue weighted by Gasteiger charge is -2.38. The second kappa shape index (κ2) is 13.1. The molecule has 3 aliphatic heterocycles. The van der Waals surface area contributed by atoms with E-state index in [1.54, 1.807) is 0 Å². The molecule has 1 saturated carbocycles. The van der Waals surface area contributed by atoms with Crippen molar-refractivity contribution in [1.29, 1.82) is 0 Å². The summed E-state index contributed by atoms with van der Waals surface area (Å²) in [6, 6.07) is 10.6. The Labute approximate surface area is 262 Å². The highest BCUT2D eigenvalue weighted by Gasteiger charge is 2.47. The quantitative estimate of drug-likeness (QED) is 0.397. The Bertz CT molecular complexity index is 1310. The molecule has 4 heterocycles. The van der Waals surface area contributed by atoms with Crippen molar-refractivity contribution in [2.24, 2.45) is 11.8 Å². The number of piperidine rings is 2. The van der Waals surface area contributed by atoms with Gasteiger partial charge in [0.25, 0.3) is 0 Å². The average Bonchev–Trinajstić information content (AvgIpc) is 3.33. The van der Waals surface area contributed by atoms with Crippen LogP contribution in [-0.4, -0.2) is 82.6 Å². The molecule has 0 bridgehead atoms. The topological polar surface area (TPSA) is 104 Å². The second-order valence-electron chi connectivity index (χ2n) is 13.3. The molecule has 1 aromatic heterocycles. The first-order chi connectivity index (χ1) is 21.5. The molecule has 1 aliphatic carbocycles. The van der Waals surface area contributed by atoms with Crippen LogP contribution in [0.5, 0.6) is 0 Å². The molecular weight excluding hydrogens is 585 g/mol. The molecular formula is C33H43F3N6O3. The van der Waals surface area contributed by atoms with Crippen molar-refractivity contribution in [2.45, 2.75) is 75.7 Å². The molecule has 244 valence electrons. The number of nitrogens with two attached hydrogens (primary N) is 1. The summed E-state index contributed by atoms with van der Waals surface area (Å²) in [5, 5.41) is 3.56. The molecule has 3 N–H and O–H groups in total. The minimum atomic E-state index is -4.44. The number of anilines is 2. The molecule has 12 heteroatoms. The fourth-order valence-electron chi connectivity index (χ4n) is 7.38. The normalized spacial score (nSPS) is 24.6. The number of halogens is 3. The van der Waals surface area contributed by atoms with E-state index >= 15 is 0 Å². The van der Waals surface area contributed by atoms with E-state index in [-0.39, 0.29) is 17.9 Å². The Kier molecular flexibility index (Phi) is 9.12. The summed E-state index contributed by atoms with van der Waals surface area (Å²) in [5.74, 6) is 0.695. The average molecular weight is 629 g/mol. The number of carbonyl (C=O) groups is 2. The van der Waals surface area contributed by atoms with E-state index in [4.69, 9.17) is 10.5 Å². The monoisotopic (exact) mass is 628 g/mol. The van der Waals surface area contributed by atoms with Crippen LogP contribution in [-0.2, 0) is 22.3 Å². The molecule has 0 radical (unpaired) electrons. The standard InChI is InChI=1S/C33H43F3N6O3/c34-33(35,36)29-10-3-24(19-38-29)20-40-17-13-32(14-18-40)22-42(31(44)45-32)21-23-1-4-25(5-2-23)30(43)41-15-11-28(12-16-41)39-27-8-6-26(37)7-9-27/h3,6-10,19,23,25,28,39H,1-2,4-5,11-18,20-22,37H2. The van der Waals surface area contributed by atoms with Gasteiger partial charge in [0.05, 0.1) is 6.54 Å². The highest BCUT2D eigenvalue weighted by molar-refractivity contribution is 5.79. The van der Waals surface area contributed by atoms with Crippen LogP contribution in [0.2, 0.25) is 0 Å². The first-order valence-corrected chi connectivity index (χ1v) is 16.2. The summed E-state index contributed by atoms with van der Waals surface area (Å²) < 4.78 is 44.4. The molecule has 1 aromatic carbocycles. The van der Waals surface area contributed by atoms with Crippen LogP contribution in [0, 0.1) is 11.8 Å². The number of nitrogens with zero attached hydrogens (tertiary/aromatic N) is 4. The van der Waals surface area contributed by atoms with Crippen LogP contribution < -0.4 is 11.1 Å². The molecule has 9 nitrogen and oxygen atoms in total. The molecule has 0 atom stereocenters. The molecule has 1 spiro atoms. The summed E-state index contributed by atoms with van der Waals surface area (Å²) in [7, 11) is 0. The number of nitrogens with one attached hydrogen (secondary N) is 1. The van der Waals surface area contributed by atoms with E-state index in [1.165, 1.54) is 12.3 Å². The Morgan fingerprint density at radius 2 is 1.67 bits per heavy atom. The summed E-state index contributed by atoms with van der Waals surface area (Å²) in [6.07, 6.45) is 3.38. The first-order valence-electron chi connectivity index (χ1n) is 16.2. The van der Waals surface area contributed by atoms with Gasteiger partial charge in [-0.2, -0.15) is 13.2 Å². The van der Waals surface area contributed by atoms with Gasteiger partial charge in [0, 0.05) is 81.6 Å². The number of alkyl halides is 3. The van der Waals surface area contributed by atoms with Crippen LogP contribution in [0.4, 0.5) is 29.3 Å². The number of carbonyl (C=O) groups excluding carboxylic acids is 2. The van der Waals surface area contributed by atoms with E-state index in [0.717, 1.165) is 74.6 Å². The maximum atomic E-state index is 13.3. The van der Waals surface area contributed by atoms with Crippen molar-refractivity contribution in [3.63, 3.8) is 0 Å². The van der Waals surface area contributed by atoms with E-state index in [2.05, 4.69) is 15.2 Å². The third kappa shape index (κ3) is 7.65. The Morgan fingerprint density at radius 1 is 0.978 bits per heavy atom. The van der Waals surface area contributed by atoms with Crippen molar-refractivity contribution in [3.8, 4) is 0 Å². The van der Waals surface area contributed by atoms with Gasteiger partial charge in [-0.15, -0.1) is 0 Å². The van der Waals surface area contributed by atoms with Crippen molar-refractivity contribution in [3.05, 3.63) is 53.9 Å². The van der Waals surface area contributed by atoms with Crippen LogP contribution in [0.25, 0.3) is 0 Å². The number of likely N-dealkylation sites (tertiary alicyclic amines) is 2. The minimum absolute atomic E-state index is 0.0592. The van der Waals surface area contributed by atoms with Gasteiger partial charge in [-0.1, -0.05) is 6.07 Å². The molecule has 3 saturated heterocycles. The summed E-state index contributed by atoms with van der Waals surface area (Å²) >= 11 is 0. The number of nitrogen functional groups attached to an aromatic ring is 1. The first kappa shape index (κ1) is 31.4. The third-order valence-corrected chi connectivity index (χ3v) is 10.1. The van der Waals surface area contributed by atoms with Gasteiger partial charge < -0.3 is 25.6 Å². The highest BCUT2D eigenvalue weighted by Crippen LogP contribution is 2.37. The van der Waals surface area contributed by atoms with Crippen LogP contribution >= 0.6 is 0 Å². The Morgan fingerprint density at radius 3 is 2.29 bits per heavy atom. The fraction of sp³-hybridized carbons (Fsp3) is 0.606. The minimum Gasteiger partial charge on any atom is -0.441 e. The van der Waals surface area contributed by atoms with Gasteiger partial charge in [0.2, 0.25) is 5.91 Å². The maximum Gasteiger partial charge on any atom is 0.433 e. The highest BCUT2D eigenvalue weighted by atomic mass is 19.4. The zero-order chi connectivity index (χ0) is 31.6. The molecule has 2 aromatic rings. The third-order valence-electron chi connectivity index (χ3n) is 10.1. The molecule has 4 fully saturated rings. The van der Waals surface area contributed by atoms with E-state index in [9.17, 15) is 22.8 Å². The van der Waals surface area contributed by atoms with Crippen molar-refractivity contribution < 1.29 is 27.5 Å². The SMILES string of the molecule is Nc1ccc(NC2CCN(C(=O)C3CCC(CN4CC5(CCN(Cc6ccc(C(F)(F)F)nc6)CC5)OC4=O)CC3)CC2)cc1. The lowest BCUT2D eigenvalue weighted by Crippen LogP contribution is -2.47. The fourth-order valence-corrected chi connectivity index (χ4v) is 7.38. The van der Waals surface area contributed by atoms with Gasteiger partial charge in [-0.3, -0.25) is 14.7 Å². The number of rotatable bonds is 7. The van der Waals surface area contributed by atoms with E-state index in [0.29, 0.717) is 57.5 Å². The predicted octanol–water partition coefficient (Wildman–Crippen LogP) is 5.38. The number of ether oxygens (including phenoxy) is 1. The van der Waals surface area contributed by atoms with Gasteiger partial charge in [0.1, 0.15) is 11.3 Å². The van der Waals surface area contributed by atoms with Gasteiger partial charge in [0.15, 0.2) is 0 Å². The largest absolute Gasteiger partial charge is 0.441 e. The number of pyridine rings is 1. The van der Waals surface area contributed by atoms with Gasteiger partial charge >= 0.3 is 12.3 Å². The molecule has 0 unspecified atom stereocenters. The van der Waals surface area contributed by atoms with Crippen molar-refractivity contribution in [1.82, 2.24) is 19.7 Å². The Hall–Kier alpha value is -3.54. The molecule has 4 aliphatic rings. The number of benzene rings is 1.